The molecule has 4 amide bonds. The minimum atomic E-state index is -0.900. The van der Waals surface area contributed by atoms with Gasteiger partial charge in [-0.25, -0.2) is 9.59 Å². The van der Waals surface area contributed by atoms with Crippen molar-refractivity contribution in [3.63, 3.8) is 0 Å². The van der Waals surface area contributed by atoms with Gasteiger partial charge in [0, 0.05) is 14.1 Å². The van der Waals surface area contributed by atoms with Crippen LogP contribution < -0.4 is 0 Å². The first-order valence-electron chi connectivity index (χ1n) is 9.89. The van der Waals surface area contributed by atoms with E-state index in [4.69, 9.17) is 9.47 Å². The zero-order valence-electron chi connectivity index (χ0n) is 17.9. The Morgan fingerprint density at radius 3 is 1.35 bits per heavy atom. The summed E-state index contributed by atoms with van der Waals surface area (Å²) in [6.07, 6.45) is 0. The molecule has 0 N–H and O–H groups in total. The SMILES string of the molecule is CN1C(=O)c2ccc(C(=O)OCC(=O)COC(=O)c3ccc4c(c3)C(=O)N(C)C4=O)cc2C1=O. The zero-order chi connectivity index (χ0) is 24.7. The second kappa shape index (κ2) is 8.35. The van der Waals surface area contributed by atoms with Gasteiger partial charge in [-0.2, -0.15) is 0 Å². The molecule has 0 saturated heterocycles. The van der Waals surface area contributed by atoms with Crippen LogP contribution in [-0.2, 0) is 14.3 Å². The Balaban J connectivity index is 1.32. The number of ketones is 1. The minimum absolute atomic E-state index is 0.0256. The zero-order valence-corrected chi connectivity index (χ0v) is 17.9. The van der Waals surface area contributed by atoms with Gasteiger partial charge >= 0.3 is 11.9 Å². The lowest BCUT2D eigenvalue weighted by atomic mass is 10.1. The van der Waals surface area contributed by atoms with Crippen molar-refractivity contribution < 1.29 is 43.0 Å². The van der Waals surface area contributed by atoms with Crippen LogP contribution in [0.5, 0.6) is 0 Å². The van der Waals surface area contributed by atoms with Crippen molar-refractivity contribution in [1.82, 2.24) is 9.80 Å². The van der Waals surface area contributed by atoms with Gasteiger partial charge in [-0.05, 0) is 36.4 Å². The van der Waals surface area contributed by atoms with Gasteiger partial charge in [0.2, 0.25) is 5.78 Å². The molecule has 11 nitrogen and oxygen atoms in total. The molecule has 2 aromatic rings. The largest absolute Gasteiger partial charge is 0.454 e. The molecule has 0 aliphatic carbocycles. The maximum absolute atomic E-state index is 12.2. The third-order valence-corrected chi connectivity index (χ3v) is 5.38. The molecule has 2 aliphatic rings. The second-order valence-electron chi connectivity index (χ2n) is 7.55. The van der Waals surface area contributed by atoms with Crippen LogP contribution in [0, 0.1) is 0 Å². The van der Waals surface area contributed by atoms with Crippen LogP contribution in [0.1, 0.15) is 62.1 Å². The van der Waals surface area contributed by atoms with E-state index in [9.17, 15) is 33.6 Å². The Hall–Kier alpha value is -4.67. The molecule has 4 rings (SSSR count). The first-order valence-corrected chi connectivity index (χ1v) is 9.89. The Kier molecular flexibility index (Phi) is 5.53. The molecule has 0 unspecified atom stereocenters. The van der Waals surface area contributed by atoms with E-state index in [1.807, 2.05) is 0 Å². The molecule has 2 aromatic carbocycles. The van der Waals surface area contributed by atoms with E-state index in [0.29, 0.717) is 0 Å². The van der Waals surface area contributed by atoms with Gasteiger partial charge in [-0.3, -0.25) is 33.8 Å². The number of amides is 4. The van der Waals surface area contributed by atoms with E-state index in [-0.39, 0.29) is 33.4 Å². The number of hydrogen-bond acceptors (Lipinski definition) is 9. The molecule has 0 radical (unpaired) electrons. The highest BCUT2D eigenvalue weighted by atomic mass is 16.6. The summed E-state index contributed by atoms with van der Waals surface area (Å²) < 4.78 is 9.79. The summed E-state index contributed by atoms with van der Waals surface area (Å²) in [5, 5.41) is 0. The Bertz CT molecular complexity index is 1230. The number of Topliss-reactive ketones (excluding diaryl/α,β-unsaturated/α-hetero) is 1. The van der Waals surface area contributed by atoms with E-state index in [0.717, 1.165) is 9.80 Å². The summed E-state index contributed by atoms with van der Waals surface area (Å²) in [5.74, 6) is -4.59. The lowest BCUT2D eigenvalue weighted by molar-refractivity contribution is -0.125. The molecule has 172 valence electrons. The molecule has 0 aromatic heterocycles. The number of rotatable bonds is 6. The lowest BCUT2D eigenvalue weighted by Gasteiger charge is -2.07. The smallest absolute Gasteiger partial charge is 0.338 e. The topological polar surface area (TPSA) is 144 Å². The van der Waals surface area contributed by atoms with Gasteiger partial charge in [0.15, 0.2) is 13.2 Å². The van der Waals surface area contributed by atoms with Crippen LogP contribution in [0.25, 0.3) is 0 Å². The molecule has 34 heavy (non-hydrogen) atoms. The summed E-state index contributed by atoms with van der Waals surface area (Å²) in [6.45, 7) is -1.39. The number of ether oxygens (including phenoxy) is 2. The third-order valence-electron chi connectivity index (χ3n) is 5.38. The fourth-order valence-electron chi connectivity index (χ4n) is 3.48. The van der Waals surface area contributed by atoms with Crippen LogP contribution in [0.2, 0.25) is 0 Å². The molecule has 0 bridgehead atoms. The average molecular weight is 464 g/mol. The van der Waals surface area contributed by atoms with E-state index in [1.54, 1.807) is 0 Å². The molecule has 0 fully saturated rings. The number of benzene rings is 2. The quantitative estimate of drug-likeness (QED) is 0.446. The van der Waals surface area contributed by atoms with Crippen LogP contribution in [0.3, 0.4) is 0 Å². The normalized spacial score (nSPS) is 14.3. The van der Waals surface area contributed by atoms with Crippen LogP contribution in [-0.4, -0.2) is 78.5 Å². The summed E-state index contributed by atoms with van der Waals surface area (Å²) in [6, 6.07) is 7.67. The predicted octanol–water partition coefficient (Wildman–Crippen LogP) is 0.721. The molecule has 11 heteroatoms. The lowest BCUT2D eigenvalue weighted by Crippen LogP contribution is -2.24. The molecular formula is C23H16N2O9. The highest BCUT2D eigenvalue weighted by molar-refractivity contribution is 6.22. The van der Waals surface area contributed by atoms with Crippen molar-refractivity contribution in [3.8, 4) is 0 Å². The molecule has 0 saturated carbocycles. The number of hydrogen-bond donors (Lipinski definition) is 0. The van der Waals surface area contributed by atoms with E-state index >= 15 is 0 Å². The Morgan fingerprint density at radius 1 is 0.618 bits per heavy atom. The van der Waals surface area contributed by atoms with E-state index in [1.165, 1.54) is 50.5 Å². The van der Waals surface area contributed by atoms with Crippen LogP contribution >= 0.6 is 0 Å². The van der Waals surface area contributed by atoms with Gasteiger partial charge < -0.3 is 9.47 Å². The maximum Gasteiger partial charge on any atom is 0.338 e. The molecular weight excluding hydrogens is 448 g/mol. The average Bonchev–Trinajstić information content (AvgIpc) is 3.20. The summed E-state index contributed by atoms with van der Waals surface area (Å²) in [5.41, 5.74) is 0.392. The second-order valence-corrected chi connectivity index (χ2v) is 7.55. The predicted molar refractivity (Wildman–Crippen MR) is 111 cm³/mol. The fourth-order valence-corrected chi connectivity index (χ4v) is 3.48. The van der Waals surface area contributed by atoms with Gasteiger partial charge in [0.1, 0.15) is 0 Å². The first-order chi connectivity index (χ1) is 16.1. The number of nitrogens with zero attached hydrogens (tertiary/aromatic N) is 2. The van der Waals surface area contributed by atoms with Crippen molar-refractivity contribution in [1.29, 1.82) is 0 Å². The van der Waals surface area contributed by atoms with E-state index < -0.39 is 54.6 Å². The number of carbonyl (C=O) groups excluding carboxylic acids is 7. The van der Waals surface area contributed by atoms with Crippen molar-refractivity contribution in [3.05, 3.63) is 69.8 Å². The number of esters is 2. The molecule has 2 aliphatic heterocycles. The Labute approximate surface area is 191 Å². The van der Waals surface area contributed by atoms with E-state index in [2.05, 4.69) is 0 Å². The van der Waals surface area contributed by atoms with Crippen LogP contribution in [0.4, 0.5) is 0 Å². The minimum Gasteiger partial charge on any atom is -0.454 e. The molecule has 0 spiro atoms. The summed E-state index contributed by atoms with van der Waals surface area (Å²) in [7, 11) is 2.64. The summed E-state index contributed by atoms with van der Waals surface area (Å²) in [4.78, 5) is 86.2. The highest BCUT2D eigenvalue weighted by Crippen LogP contribution is 2.24. The fraction of sp³-hybridized carbons (Fsp3) is 0.174. The maximum atomic E-state index is 12.2. The number of carbonyl (C=O) groups is 7. The van der Waals surface area contributed by atoms with Gasteiger partial charge in [0.25, 0.3) is 23.6 Å². The van der Waals surface area contributed by atoms with Crippen molar-refractivity contribution >= 4 is 41.4 Å². The number of fused-ring (bicyclic) bond motifs is 2. The van der Waals surface area contributed by atoms with Gasteiger partial charge in [-0.1, -0.05) is 0 Å². The van der Waals surface area contributed by atoms with Gasteiger partial charge in [0.05, 0.1) is 33.4 Å². The molecule has 0 atom stereocenters. The van der Waals surface area contributed by atoms with Crippen LogP contribution in [0.15, 0.2) is 36.4 Å². The van der Waals surface area contributed by atoms with Gasteiger partial charge in [-0.15, -0.1) is 0 Å². The third kappa shape index (κ3) is 3.72. The van der Waals surface area contributed by atoms with Crippen molar-refractivity contribution in [2.75, 3.05) is 27.3 Å². The molecule has 2 heterocycles. The Morgan fingerprint density at radius 2 is 0.971 bits per heavy atom. The number of imide groups is 2. The monoisotopic (exact) mass is 464 g/mol. The first kappa shape index (κ1) is 22.5. The highest BCUT2D eigenvalue weighted by Gasteiger charge is 2.34. The van der Waals surface area contributed by atoms with Crippen molar-refractivity contribution in [2.45, 2.75) is 0 Å². The summed E-state index contributed by atoms with van der Waals surface area (Å²) >= 11 is 0. The standard InChI is InChI=1S/C23H16N2O9/c1-24-18(27)14-5-3-11(7-16(14)20(24)29)22(31)33-9-13(26)10-34-23(32)12-4-6-15-17(8-12)21(30)25(2)19(15)28/h3-8H,9-10H2,1-2H3. The van der Waals surface area contributed by atoms with Crippen molar-refractivity contribution in [2.24, 2.45) is 0 Å².